The normalized spacial score (nSPS) is 39.8. The van der Waals surface area contributed by atoms with Crippen molar-refractivity contribution in [2.75, 3.05) is 6.61 Å². The second kappa shape index (κ2) is 13.6. The van der Waals surface area contributed by atoms with E-state index >= 15 is 0 Å². The van der Waals surface area contributed by atoms with Crippen LogP contribution in [0, 0.1) is 28.1 Å². The Morgan fingerprint density at radius 2 is 1.71 bits per heavy atom. The highest BCUT2D eigenvalue weighted by Gasteiger charge is 2.65. The molecular formula is C37H56O8. The minimum absolute atomic E-state index is 0.0178. The molecule has 1 saturated heterocycles. The maximum Gasteiger partial charge on any atom is 0.302 e. The molecule has 4 aliphatic rings. The van der Waals surface area contributed by atoms with Crippen molar-refractivity contribution in [3.05, 3.63) is 46.6 Å². The number of Topliss-reactive ketones (excluding diaryl/α,β-unsaturated/α-hetero) is 1. The zero-order valence-electron chi connectivity index (χ0n) is 28.8. The summed E-state index contributed by atoms with van der Waals surface area (Å²) < 4.78 is 17.5. The highest BCUT2D eigenvalue weighted by atomic mass is 16.7. The van der Waals surface area contributed by atoms with E-state index < -0.39 is 37.3 Å². The minimum Gasteiger partial charge on any atom is -0.462 e. The van der Waals surface area contributed by atoms with E-state index in [9.17, 15) is 24.9 Å². The number of aliphatic hydroxyl groups is 3. The van der Waals surface area contributed by atoms with E-state index in [1.165, 1.54) is 6.92 Å². The molecule has 0 amide bonds. The van der Waals surface area contributed by atoms with Crippen molar-refractivity contribution in [1.82, 2.24) is 0 Å². The molecule has 0 radical (unpaired) electrons. The Morgan fingerprint density at radius 1 is 1.02 bits per heavy atom. The number of fused-ring (bicyclic) bond motifs is 3. The number of esters is 1. The standard InChI is InChI=1S/C37H56O8/c1-21(2)13-14-26(44-34-33(42)32(41)27(20-38)45-34)22(3)11-10-12-23(4)31-25(40)19-29-36(8)18-16-30(43-24(5)39)35(6,7)28(36)15-17-37(29,31)9/h10-13,26-30,32-34,38,41-42H,14-20H2,1-9H3/b12-10+,22-11+,31-23-/t26?,27-,28+,29+,30-,32-,33-,34+,36+,37+/m1/s1. The van der Waals surface area contributed by atoms with E-state index in [0.717, 1.165) is 48.0 Å². The number of carbonyl (C=O) groups excluding carboxylic acids is 2. The number of aliphatic hydroxyl groups excluding tert-OH is 3. The lowest BCUT2D eigenvalue weighted by Crippen LogP contribution is -2.58. The number of rotatable bonds is 9. The molecule has 3 N–H and O–H groups in total. The number of allylic oxidation sites excluding steroid dienone is 6. The summed E-state index contributed by atoms with van der Waals surface area (Å²) in [5.41, 5.74) is 3.56. The summed E-state index contributed by atoms with van der Waals surface area (Å²) in [5.74, 6) is 0.617. The molecule has 1 heterocycles. The molecule has 3 aliphatic carbocycles. The van der Waals surface area contributed by atoms with Gasteiger partial charge in [0.25, 0.3) is 0 Å². The van der Waals surface area contributed by atoms with Crippen LogP contribution in [0.25, 0.3) is 0 Å². The predicted octanol–water partition coefficient (Wildman–Crippen LogP) is 5.75. The van der Waals surface area contributed by atoms with E-state index in [2.05, 4.69) is 33.8 Å². The second-order valence-corrected chi connectivity index (χ2v) is 15.3. The van der Waals surface area contributed by atoms with Gasteiger partial charge in [0, 0.05) is 29.7 Å². The van der Waals surface area contributed by atoms with Crippen LogP contribution in [-0.4, -0.2) is 70.5 Å². The Balaban J connectivity index is 1.56. The molecule has 0 spiro atoms. The number of carbonyl (C=O) groups is 2. The van der Waals surface area contributed by atoms with E-state index in [1.54, 1.807) is 0 Å². The van der Waals surface area contributed by atoms with E-state index in [0.29, 0.717) is 18.8 Å². The maximum absolute atomic E-state index is 13.8. The lowest BCUT2D eigenvalue weighted by atomic mass is 9.43. The summed E-state index contributed by atoms with van der Waals surface area (Å²) in [6, 6.07) is 0. The lowest BCUT2D eigenvalue weighted by molar-refractivity contribution is -0.185. The van der Waals surface area contributed by atoms with Gasteiger partial charge in [-0.15, -0.1) is 0 Å². The van der Waals surface area contributed by atoms with Gasteiger partial charge in [0.1, 0.15) is 24.4 Å². The van der Waals surface area contributed by atoms with Gasteiger partial charge in [-0.05, 0) is 88.2 Å². The number of hydrogen-bond acceptors (Lipinski definition) is 8. The highest BCUT2D eigenvalue weighted by molar-refractivity contribution is 6.00. The van der Waals surface area contributed by atoms with Gasteiger partial charge in [0.05, 0.1) is 12.7 Å². The van der Waals surface area contributed by atoms with Crippen molar-refractivity contribution in [3.63, 3.8) is 0 Å². The third-order valence-electron chi connectivity index (χ3n) is 11.7. The molecule has 0 aromatic heterocycles. The van der Waals surface area contributed by atoms with Crippen molar-refractivity contribution in [3.8, 4) is 0 Å². The first-order valence-corrected chi connectivity index (χ1v) is 16.6. The van der Waals surface area contributed by atoms with Crippen molar-refractivity contribution >= 4 is 11.8 Å². The largest absolute Gasteiger partial charge is 0.462 e. The molecule has 1 aliphatic heterocycles. The first-order chi connectivity index (χ1) is 21.0. The van der Waals surface area contributed by atoms with Gasteiger partial charge >= 0.3 is 5.97 Å². The van der Waals surface area contributed by atoms with Crippen LogP contribution in [-0.2, 0) is 23.8 Å². The predicted molar refractivity (Wildman–Crippen MR) is 173 cm³/mol. The lowest BCUT2D eigenvalue weighted by Gasteiger charge is -2.62. The first-order valence-electron chi connectivity index (χ1n) is 16.6. The van der Waals surface area contributed by atoms with Gasteiger partial charge in [-0.25, -0.2) is 0 Å². The summed E-state index contributed by atoms with van der Waals surface area (Å²) in [4.78, 5) is 25.6. The Labute approximate surface area is 269 Å². The SMILES string of the molecule is CC(=O)O[C@@H]1CC[C@@]2(C)[C@@H](CC[C@]3(C)\C(=C(C)/C=C/C=C(\C)C(CC=C(C)C)O[C@H]4O[C@H](CO)[C@@H](O)[C@H]4O)C(=O)C[C@@H]23)C1(C)C. The summed E-state index contributed by atoms with van der Waals surface area (Å²) in [6.07, 6.45) is 7.84. The molecule has 8 nitrogen and oxygen atoms in total. The van der Waals surface area contributed by atoms with Gasteiger partial charge in [-0.2, -0.15) is 0 Å². The molecule has 0 aromatic carbocycles. The van der Waals surface area contributed by atoms with Crippen LogP contribution in [0.5, 0.6) is 0 Å². The molecule has 3 saturated carbocycles. The Kier molecular flexibility index (Phi) is 10.8. The molecule has 252 valence electrons. The van der Waals surface area contributed by atoms with Gasteiger partial charge in [-0.3, -0.25) is 9.59 Å². The van der Waals surface area contributed by atoms with Gasteiger partial charge in [0.2, 0.25) is 0 Å². The third-order valence-corrected chi connectivity index (χ3v) is 11.7. The van der Waals surface area contributed by atoms with Crippen LogP contribution in [0.4, 0.5) is 0 Å². The summed E-state index contributed by atoms with van der Waals surface area (Å²) in [7, 11) is 0. The van der Waals surface area contributed by atoms with Crippen LogP contribution in [0.1, 0.15) is 101 Å². The molecule has 45 heavy (non-hydrogen) atoms. The first kappa shape index (κ1) is 35.7. The van der Waals surface area contributed by atoms with Crippen molar-refractivity contribution in [2.45, 2.75) is 138 Å². The molecule has 4 fully saturated rings. The zero-order chi connectivity index (χ0) is 33.5. The topological polar surface area (TPSA) is 123 Å². The molecule has 10 atom stereocenters. The fraction of sp³-hybridized carbons (Fsp3) is 0.730. The van der Waals surface area contributed by atoms with Crippen LogP contribution < -0.4 is 0 Å². The zero-order valence-corrected chi connectivity index (χ0v) is 28.8. The average molecular weight is 629 g/mol. The van der Waals surface area contributed by atoms with Crippen LogP contribution in [0.15, 0.2) is 46.6 Å². The molecule has 0 bridgehead atoms. The quantitative estimate of drug-likeness (QED) is 0.128. The number of ether oxygens (including phenoxy) is 3. The summed E-state index contributed by atoms with van der Waals surface area (Å²) in [5, 5.41) is 30.1. The maximum atomic E-state index is 13.8. The molecule has 1 unspecified atom stereocenters. The Morgan fingerprint density at radius 3 is 2.31 bits per heavy atom. The van der Waals surface area contributed by atoms with Gasteiger partial charge in [0.15, 0.2) is 12.1 Å². The smallest absolute Gasteiger partial charge is 0.302 e. The Bertz CT molecular complexity index is 1250. The van der Waals surface area contributed by atoms with E-state index in [1.807, 2.05) is 45.9 Å². The number of hydrogen-bond donors (Lipinski definition) is 3. The molecule has 8 heteroatoms. The van der Waals surface area contributed by atoms with Crippen molar-refractivity contribution in [2.24, 2.45) is 28.1 Å². The minimum atomic E-state index is -1.26. The van der Waals surface area contributed by atoms with Gasteiger partial charge < -0.3 is 29.5 Å². The second-order valence-electron chi connectivity index (χ2n) is 15.3. The summed E-state index contributed by atoms with van der Waals surface area (Å²) in [6.45, 7) is 18.2. The highest BCUT2D eigenvalue weighted by Crippen LogP contribution is 2.69. The molecule has 0 aromatic rings. The molecular weight excluding hydrogens is 572 g/mol. The monoisotopic (exact) mass is 628 g/mol. The van der Waals surface area contributed by atoms with Crippen LogP contribution in [0.2, 0.25) is 0 Å². The number of ketones is 1. The molecule has 4 rings (SSSR count). The third kappa shape index (κ3) is 6.82. The fourth-order valence-electron chi connectivity index (χ4n) is 9.34. The van der Waals surface area contributed by atoms with Crippen molar-refractivity contribution in [1.29, 1.82) is 0 Å². The fourth-order valence-corrected chi connectivity index (χ4v) is 9.34. The van der Waals surface area contributed by atoms with Crippen LogP contribution >= 0.6 is 0 Å². The van der Waals surface area contributed by atoms with Crippen molar-refractivity contribution < 1.29 is 39.1 Å². The summed E-state index contributed by atoms with van der Waals surface area (Å²) >= 11 is 0. The van der Waals surface area contributed by atoms with Crippen LogP contribution in [0.3, 0.4) is 0 Å². The average Bonchev–Trinajstić information content (AvgIpc) is 3.39. The van der Waals surface area contributed by atoms with E-state index in [-0.39, 0.29) is 40.0 Å². The van der Waals surface area contributed by atoms with Gasteiger partial charge in [-0.1, -0.05) is 57.6 Å². The Hall–Kier alpha value is -2.10. The van der Waals surface area contributed by atoms with E-state index in [4.69, 9.17) is 14.2 Å².